The Balaban J connectivity index is 4.01. The summed E-state index contributed by atoms with van der Waals surface area (Å²) in [5.41, 5.74) is 0.178. The number of hydrogen-bond donors (Lipinski definition) is 0. The van der Waals surface area contributed by atoms with Gasteiger partial charge in [-0.1, -0.05) is 32.1 Å². The Morgan fingerprint density at radius 3 is 2.65 bits per heavy atom. The monoisotopic (exact) mass is 234 g/mol. The maximum absolute atomic E-state index is 11.0. The van der Waals surface area contributed by atoms with Gasteiger partial charge in [-0.3, -0.25) is 0 Å². The Labute approximate surface area is 105 Å². The molecule has 0 radical (unpaired) electrons. The van der Waals surface area contributed by atoms with E-state index in [1.807, 2.05) is 19.1 Å². The predicted molar refractivity (Wildman–Crippen MR) is 71.4 cm³/mol. The van der Waals surface area contributed by atoms with E-state index in [0.29, 0.717) is 6.61 Å². The van der Waals surface area contributed by atoms with Crippen LogP contribution in [-0.4, -0.2) is 12.6 Å². The van der Waals surface area contributed by atoms with Crippen molar-refractivity contribution in [1.29, 1.82) is 0 Å². The number of esters is 1. The average Bonchev–Trinajstić information content (AvgIpc) is 2.26. The van der Waals surface area contributed by atoms with E-state index in [1.54, 1.807) is 13.0 Å². The highest BCUT2D eigenvalue weighted by molar-refractivity contribution is 5.82. The number of rotatable bonds is 6. The van der Waals surface area contributed by atoms with E-state index in [0.717, 1.165) is 12.8 Å². The van der Waals surface area contributed by atoms with Gasteiger partial charge in [-0.2, -0.15) is 0 Å². The highest BCUT2D eigenvalue weighted by atomic mass is 16.5. The summed E-state index contributed by atoms with van der Waals surface area (Å²) in [6.45, 7) is 8.41. The van der Waals surface area contributed by atoms with Gasteiger partial charge in [-0.05, 0) is 25.7 Å². The van der Waals surface area contributed by atoms with Gasteiger partial charge in [0.2, 0.25) is 0 Å². The first kappa shape index (κ1) is 15.5. The molecule has 0 atom stereocenters. The minimum atomic E-state index is -0.298. The fraction of sp³-hybridized carbons (Fsp3) is 0.533. The van der Waals surface area contributed by atoms with Gasteiger partial charge in [0.25, 0.3) is 0 Å². The van der Waals surface area contributed by atoms with E-state index in [-0.39, 0.29) is 11.4 Å². The Morgan fingerprint density at radius 2 is 2.06 bits per heavy atom. The van der Waals surface area contributed by atoms with Crippen LogP contribution in [0.2, 0.25) is 0 Å². The maximum atomic E-state index is 11.0. The molecule has 0 aromatic heterocycles. The molecule has 0 saturated carbocycles. The summed E-state index contributed by atoms with van der Waals surface area (Å²) in [7, 11) is 0. The van der Waals surface area contributed by atoms with E-state index in [2.05, 4.69) is 25.7 Å². The minimum absolute atomic E-state index is 0.178. The Kier molecular flexibility index (Phi) is 7.88. The number of carbonyl (C=O) groups is 1. The van der Waals surface area contributed by atoms with E-state index in [1.165, 1.54) is 6.08 Å². The summed E-state index contributed by atoms with van der Waals surface area (Å²) in [5.74, 6) is 5.70. The zero-order valence-electron chi connectivity index (χ0n) is 11.2. The molecular formula is C15H22O2. The van der Waals surface area contributed by atoms with Crippen molar-refractivity contribution >= 4 is 5.97 Å². The summed E-state index contributed by atoms with van der Waals surface area (Å²) in [5, 5.41) is 0. The first-order valence-electron chi connectivity index (χ1n) is 5.91. The van der Waals surface area contributed by atoms with Crippen LogP contribution in [0.5, 0.6) is 0 Å². The molecule has 0 heterocycles. The number of allylic oxidation sites excluding steroid dienone is 3. The Bertz CT molecular complexity index is 338. The van der Waals surface area contributed by atoms with Crippen LogP contribution in [-0.2, 0) is 9.53 Å². The van der Waals surface area contributed by atoms with Gasteiger partial charge in [0.05, 0.1) is 6.61 Å². The molecule has 94 valence electrons. The second-order valence-electron chi connectivity index (χ2n) is 4.51. The zero-order valence-corrected chi connectivity index (χ0v) is 11.2. The van der Waals surface area contributed by atoms with Gasteiger partial charge in [-0.25, -0.2) is 4.79 Å². The maximum Gasteiger partial charge on any atom is 0.330 e. The van der Waals surface area contributed by atoms with Crippen LogP contribution in [0.15, 0.2) is 24.3 Å². The highest BCUT2D eigenvalue weighted by Crippen LogP contribution is 2.24. The van der Waals surface area contributed by atoms with Crippen molar-refractivity contribution in [3.63, 3.8) is 0 Å². The molecule has 17 heavy (non-hydrogen) atoms. The lowest BCUT2D eigenvalue weighted by Crippen LogP contribution is -2.08. The molecule has 0 fully saturated rings. The Morgan fingerprint density at radius 1 is 1.35 bits per heavy atom. The van der Waals surface area contributed by atoms with Crippen LogP contribution in [0.4, 0.5) is 0 Å². The first-order chi connectivity index (χ1) is 8.02. The average molecular weight is 234 g/mol. The molecule has 0 aliphatic rings. The molecular weight excluding hydrogens is 212 g/mol. The molecule has 0 bridgehead atoms. The van der Waals surface area contributed by atoms with Crippen molar-refractivity contribution in [2.45, 2.75) is 40.5 Å². The van der Waals surface area contributed by atoms with Gasteiger partial charge in [0.15, 0.2) is 0 Å². The lowest BCUT2D eigenvalue weighted by molar-refractivity contribution is -0.137. The van der Waals surface area contributed by atoms with Crippen LogP contribution in [0.1, 0.15) is 40.5 Å². The van der Waals surface area contributed by atoms with Gasteiger partial charge < -0.3 is 4.74 Å². The summed E-state index contributed by atoms with van der Waals surface area (Å²) in [6, 6.07) is 0. The van der Waals surface area contributed by atoms with Crippen LogP contribution in [0, 0.1) is 17.3 Å². The summed E-state index contributed by atoms with van der Waals surface area (Å²) >= 11 is 0. The van der Waals surface area contributed by atoms with Crippen molar-refractivity contribution < 1.29 is 9.53 Å². The predicted octanol–water partition coefficient (Wildman–Crippen LogP) is 3.49. The molecule has 0 aromatic rings. The van der Waals surface area contributed by atoms with Gasteiger partial charge in [0.1, 0.15) is 0 Å². The topological polar surface area (TPSA) is 26.3 Å². The van der Waals surface area contributed by atoms with E-state index < -0.39 is 0 Å². The first-order valence-corrected chi connectivity index (χ1v) is 5.91. The number of hydrogen-bond acceptors (Lipinski definition) is 2. The van der Waals surface area contributed by atoms with Crippen molar-refractivity contribution in [3.8, 4) is 11.8 Å². The van der Waals surface area contributed by atoms with Crippen molar-refractivity contribution in [1.82, 2.24) is 0 Å². The third-order valence-electron chi connectivity index (χ3n) is 2.18. The van der Waals surface area contributed by atoms with Crippen molar-refractivity contribution in [2.24, 2.45) is 5.41 Å². The van der Waals surface area contributed by atoms with E-state index in [9.17, 15) is 4.79 Å². The molecule has 2 heteroatoms. The normalized spacial score (nSPS) is 11.5. The third kappa shape index (κ3) is 9.44. The SMILES string of the molecule is CC#CCC(C)(C)C/C=C/C=C/C(=O)OCC. The van der Waals surface area contributed by atoms with Crippen LogP contribution < -0.4 is 0 Å². The standard InChI is InChI=1S/C15H22O2/c1-5-7-12-15(3,4)13-10-8-9-11-14(16)17-6-2/h8-11H,6,12-13H2,1-4H3/b10-8+,11-9+. The summed E-state index contributed by atoms with van der Waals surface area (Å²) in [6.07, 6.45) is 8.88. The second-order valence-corrected chi connectivity index (χ2v) is 4.51. The summed E-state index contributed by atoms with van der Waals surface area (Å²) in [4.78, 5) is 11.0. The quantitative estimate of drug-likeness (QED) is 0.304. The van der Waals surface area contributed by atoms with Crippen LogP contribution in [0.25, 0.3) is 0 Å². The van der Waals surface area contributed by atoms with Gasteiger partial charge >= 0.3 is 5.97 Å². The lowest BCUT2D eigenvalue weighted by atomic mass is 9.86. The number of carbonyl (C=O) groups excluding carboxylic acids is 1. The Hall–Kier alpha value is -1.49. The molecule has 0 saturated heterocycles. The molecule has 0 aliphatic heterocycles. The fourth-order valence-electron chi connectivity index (χ4n) is 1.19. The van der Waals surface area contributed by atoms with E-state index >= 15 is 0 Å². The molecule has 0 aliphatic carbocycles. The summed E-state index contributed by atoms with van der Waals surface area (Å²) < 4.78 is 4.76. The second kappa shape index (κ2) is 8.64. The molecule has 0 spiro atoms. The molecule has 0 N–H and O–H groups in total. The molecule has 0 rings (SSSR count). The largest absolute Gasteiger partial charge is 0.463 e. The van der Waals surface area contributed by atoms with Crippen molar-refractivity contribution in [2.75, 3.05) is 6.61 Å². The van der Waals surface area contributed by atoms with Crippen molar-refractivity contribution in [3.05, 3.63) is 24.3 Å². The highest BCUT2D eigenvalue weighted by Gasteiger charge is 2.13. The van der Waals surface area contributed by atoms with Crippen LogP contribution >= 0.6 is 0 Å². The molecule has 0 aromatic carbocycles. The molecule has 2 nitrogen and oxygen atoms in total. The van der Waals surface area contributed by atoms with Gasteiger partial charge in [0, 0.05) is 12.5 Å². The smallest absolute Gasteiger partial charge is 0.330 e. The number of ether oxygens (including phenoxy) is 1. The third-order valence-corrected chi connectivity index (χ3v) is 2.18. The fourth-order valence-corrected chi connectivity index (χ4v) is 1.19. The minimum Gasteiger partial charge on any atom is -0.463 e. The molecule has 0 amide bonds. The van der Waals surface area contributed by atoms with E-state index in [4.69, 9.17) is 4.74 Å². The lowest BCUT2D eigenvalue weighted by Gasteiger charge is -2.19. The zero-order chi connectivity index (χ0) is 13.1. The van der Waals surface area contributed by atoms with Crippen LogP contribution in [0.3, 0.4) is 0 Å². The van der Waals surface area contributed by atoms with Gasteiger partial charge in [-0.15, -0.1) is 11.8 Å². The molecule has 0 unspecified atom stereocenters.